The number of hydrogen-bond donors (Lipinski definition) is 3. The predicted molar refractivity (Wildman–Crippen MR) is 128 cm³/mol. The van der Waals surface area contributed by atoms with E-state index in [0.717, 1.165) is 34.3 Å². The Labute approximate surface area is 185 Å². The number of aromatic hydroxyl groups is 1. The Morgan fingerprint density at radius 1 is 1.31 bits per heavy atom. The molecule has 1 aromatic rings. The zero-order valence-corrected chi connectivity index (χ0v) is 19.9. The number of phenols is 1. The SMILES string of the molecule is C\C=C/C=C\C(OCC(C)NCC[C@H](C)CSc1cccc(OC)c1O)=C(/C)S. The van der Waals surface area contributed by atoms with Gasteiger partial charge in [0.15, 0.2) is 11.5 Å². The van der Waals surface area contributed by atoms with Crippen molar-refractivity contribution in [1.82, 2.24) is 5.32 Å². The second kappa shape index (κ2) is 14.5. The molecule has 2 atom stereocenters. The minimum Gasteiger partial charge on any atom is -0.503 e. The lowest BCUT2D eigenvalue weighted by Gasteiger charge is -2.18. The summed E-state index contributed by atoms with van der Waals surface area (Å²) in [5.41, 5.74) is 0. The van der Waals surface area contributed by atoms with E-state index in [-0.39, 0.29) is 11.8 Å². The van der Waals surface area contributed by atoms with E-state index in [4.69, 9.17) is 9.47 Å². The van der Waals surface area contributed by atoms with Crippen LogP contribution in [0.4, 0.5) is 0 Å². The molecular weight excluding hydrogens is 402 g/mol. The molecule has 0 radical (unpaired) electrons. The number of para-hydroxylation sites is 1. The van der Waals surface area contributed by atoms with Crippen molar-refractivity contribution in [2.45, 2.75) is 45.1 Å². The number of hydrogen-bond acceptors (Lipinski definition) is 6. The first-order valence-corrected chi connectivity index (χ1v) is 11.4. The van der Waals surface area contributed by atoms with Gasteiger partial charge in [-0.2, -0.15) is 0 Å². The molecule has 2 N–H and O–H groups in total. The van der Waals surface area contributed by atoms with Gasteiger partial charge in [0.2, 0.25) is 0 Å². The Morgan fingerprint density at radius 2 is 2.07 bits per heavy atom. The Balaban J connectivity index is 2.33. The lowest BCUT2D eigenvalue weighted by Crippen LogP contribution is -2.32. The van der Waals surface area contributed by atoms with E-state index in [1.54, 1.807) is 24.9 Å². The van der Waals surface area contributed by atoms with Crippen LogP contribution in [0.1, 0.15) is 34.1 Å². The zero-order chi connectivity index (χ0) is 21.6. The Hall–Kier alpha value is -1.50. The molecule has 0 aromatic heterocycles. The van der Waals surface area contributed by atoms with E-state index >= 15 is 0 Å². The number of thiol groups is 1. The highest BCUT2D eigenvalue weighted by Gasteiger charge is 2.11. The van der Waals surface area contributed by atoms with Crippen molar-refractivity contribution in [2.24, 2.45) is 5.92 Å². The monoisotopic (exact) mass is 437 g/mol. The molecule has 0 amide bonds. The number of benzene rings is 1. The molecule has 162 valence electrons. The third kappa shape index (κ3) is 10.2. The van der Waals surface area contributed by atoms with Gasteiger partial charge in [0.25, 0.3) is 0 Å². The first-order valence-electron chi connectivity index (χ1n) is 9.93. The van der Waals surface area contributed by atoms with Crippen LogP contribution < -0.4 is 10.1 Å². The van der Waals surface area contributed by atoms with E-state index in [1.807, 2.05) is 50.3 Å². The van der Waals surface area contributed by atoms with Gasteiger partial charge in [-0.3, -0.25) is 0 Å². The molecule has 0 aliphatic carbocycles. The second-order valence-corrected chi connectivity index (χ2v) is 8.75. The highest BCUT2D eigenvalue weighted by Crippen LogP contribution is 2.37. The van der Waals surface area contributed by atoms with Gasteiger partial charge in [-0.05, 0) is 57.9 Å². The molecule has 29 heavy (non-hydrogen) atoms. The van der Waals surface area contributed by atoms with Crippen LogP contribution in [0.3, 0.4) is 0 Å². The summed E-state index contributed by atoms with van der Waals surface area (Å²) < 4.78 is 11.1. The minimum atomic E-state index is 0.225. The van der Waals surface area contributed by atoms with Gasteiger partial charge >= 0.3 is 0 Å². The Morgan fingerprint density at radius 3 is 2.72 bits per heavy atom. The third-order valence-corrected chi connectivity index (χ3v) is 5.83. The van der Waals surface area contributed by atoms with Gasteiger partial charge in [0.05, 0.1) is 12.0 Å². The first-order chi connectivity index (χ1) is 13.9. The molecule has 0 bridgehead atoms. The van der Waals surface area contributed by atoms with Crippen LogP contribution in [0.15, 0.2) is 58.1 Å². The quantitative estimate of drug-likeness (QED) is 0.157. The molecule has 6 heteroatoms. The minimum absolute atomic E-state index is 0.225. The van der Waals surface area contributed by atoms with Gasteiger partial charge in [-0.15, -0.1) is 24.4 Å². The number of methoxy groups -OCH3 is 1. The summed E-state index contributed by atoms with van der Waals surface area (Å²) in [5.74, 6) is 2.99. The topological polar surface area (TPSA) is 50.7 Å². The molecule has 0 heterocycles. The summed E-state index contributed by atoms with van der Waals surface area (Å²) >= 11 is 6.06. The van der Waals surface area contributed by atoms with Gasteiger partial charge in [-0.1, -0.05) is 31.2 Å². The van der Waals surface area contributed by atoms with Gasteiger partial charge in [0.1, 0.15) is 12.4 Å². The van der Waals surface area contributed by atoms with Crippen molar-refractivity contribution in [2.75, 3.05) is 26.0 Å². The lowest BCUT2D eigenvalue weighted by atomic mass is 10.1. The van der Waals surface area contributed by atoms with E-state index in [2.05, 4.69) is 31.8 Å². The lowest BCUT2D eigenvalue weighted by molar-refractivity contribution is 0.193. The normalized spacial score (nSPS) is 14.8. The zero-order valence-electron chi connectivity index (χ0n) is 18.1. The first kappa shape index (κ1) is 25.5. The third-order valence-electron chi connectivity index (χ3n) is 4.23. The number of rotatable bonds is 13. The molecular formula is C23H35NO3S2. The average Bonchev–Trinajstić information content (AvgIpc) is 2.69. The molecule has 0 saturated carbocycles. The van der Waals surface area contributed by atoms with Crippen molar-refractivity contribution >= 4 is 24.4 Å². The van der Waals surface area contributed by atoms with Crippen molar-refractivity contribution < 1.29 is 14.6 Å². The molecule has 0 aliphatic heterocycles. The fourth-order valence-corrected chi connectivity index (χ4v) is 3.66. The number of thioether (sulfide) groups is 1. The maximum absolute atomic E-state index is 10.2. The maximum Gasteiger partial charge on any atom is 0.171 e. The van der Waals surface area contributed by atoms with Crippen molar-refractivity contribution in [1.29, 1.82) is 0 Å². The maximum atomic E-state index is 10.2. The number of phenolic OH excluding ortho intramolecular Hbond substituents is 1. The molecule has 0 saturated heterocycles. The molecule has 0 aliphatic rings. The summed E-state index contributed by atoms with van der Waals surface area (Å²) in [6.07, 6.45) is 8.88. The standard InChI is InChI=1S/C23H35NO3S2/c1-6-7-8-10-20(19(4)28)27-15-18(3)24-14-13-17(2)16-29-22-12-9-11-21(26-5)23(22)25/h6-12,17-18,24-25,28H,13-16H2,1-5H3/b7-6-,10-8-,20-19-/t17-,18?/m0/s1. The molecule has 0 fully saturated rings. The van der Waals surface area contributed by atoms with E-state index in [0.29, 0.717) is 18.3 Å². The highest BCUT2D eigenvalue weighted by atomic mass is 32.2. The van der Waals surface area contributed by atoms with Crippen molar-refractivity contribution in [3.63, 3.8) is 0 Å². The van der Waals surface area contributed by atoms with E-state index < -0.39 is 0 Å². The molecule has 0 spiro atoms. The average molecular weight is 438 g/mol. The van der Waals surface area contributed by atoms with Crippen LogP contribution in [-0.4, -0.2) is 37.2 Å². The Kier molecular flexibility index (Phi) is 12.7. The smallest absolute Gasteiger partial charge is 0.171 e. The van der Waals surface area contributed by atoms with Crippen LogP contribution in [-0.2, 0) is 4.74 Å². The molecule has 1 unspecified atom stereocenters. The van der Waals surface area contributed by atoms with Gasteiger partial charge in [0, 0.05) is 16.7 Å². The predicted octanol–water partition coefficient (Wildman–Crippen LogP) is 5.81. The van der Waals surface area contributed by atoms with Crippen LogP contribution in [0.25, 0.3) is 0 Å². The van der Waals surface area contributed by atoms with Crippen LogP contribution in [0.2, 0.25) is 0 Å². The number of nitrogens with one attached hydrogen (secondary N) is 1. The summed E-state index contributed by atoms with van der Waals surface area (Å²) in [5, 5.41) is 13.7. The van der Waals surface area contributed by atoms with E-state index in [9.17, 15) is 5.11 Å². The summed E-state index contributed by atoms with van der Waals surface area (Å²) in [4.78, 5) is 1.72. The van der Waals surface area contributed by atoms with Crippen molar-refractivity contribution in [3.05, 3.63) is 53.2 Å². The summed E-state index contributed by atoms with van der Waals surface area (Å²) in [6.45, 7) is 9.76. The summed E-state index contributed by atoms with van der Waals surface area (Å²) in [7, 11) is 1.57. The fraction of sp³-hybridized carbons (Fsp3) is 0.478. The van der Waals surface area contributed by atoms with Crippen molar-refractivity contribution in [3.8, 4) is 11.5 Å². The number of allylic oxidation sites excluding steroid dienone is 5. The number of ether oxygens (including phenoxy) is 2. The molecule has 1 rings (SSSR count). The largest absolute Gasteiger partial charge is 0.503 e. The Bertz CT molecular complexity index is 697. The van der Waals surface area contributed by atoms with Crippen LogP contribution >= 0.6 is 24.4 Å². The summed E-state index contributed by atoms with van der Waals surface area (Å²) in [6, 6.07) is 5.84. The van der Waals surface area contributed by atoms with Crippen LogP contribution in [0.5, 0.6) is 11.5 Å². The highest BCUT2D eigenvalue weighted by molar-refractivity contribution is 7.99. The van der Waals surface area contributed by atoms with Crippen LogP contribution in [0, 0.1) is 5.92 Å². The van der Waals surface area contributed by atoms with E-state index in [1.165, 1.54) is 0 Å². The second-order valence-electron chi connectivity index (χ2n) is 7.01. The van der Waals surface area contributed by atoms with Gasteiger partial charge < -0.3 is 19.9 Å². The fourth-order valence-electron chi connectivity index (χ4n) is 2.48. The molecule has 1 aromatic carbocycles. The van der Waals surface area contributed by atoms with Gasteiger partial charge in [-0.25, -0.2) is 0 Å². The molecule has 4 nitrogen and oxygen atoms in total.